The third-order valence-electron chi connectivity index (χ3n) is 4.37. The average molecular weight is 296 g/mol. The van der Waals surface area contributed by atoms with Crippen LogP contribution in [-0.4, -0.2) is 27.6 Å². The molecule has 2 atom stereocenters. The third-order valence-corrected chi connectivity index (χ3v) is 6.54. The number of ketones is 1. The highest BCUT2D eigenvalue weighted by Gasteiger charge is 2.42. The molecule has 0 radical (unpaired) electrons. The largest absolute Gasteiger partial charge is 0.494 e. The number of ether oxygens (including phenoxy) is 1. The molecule has 0 saturated carbocycles. The second-order valence-corrected chi connectivity index (χ2v) is 7.52. The Labute approximate surface area is 120 Å². The fourth-order valence-corrected chi connectivity index (χ4v) is 5.42. The van der Waals surface area contributed by atoms with Crippen molar-refractivity contribution in [3.63, 3.8) is 0 Å². The van der Waals surface area contributed by atoms with Crippen molar-refractivity contribution in [1.82, 2.24) is 0 Å². The predicted octanol–water partition coefficient (Wildman–Crippen LogP) is 2.71. The van der Waals surface area contributed by atoms with Gasteiger partial charge in [-0.1, -0.05) is 0 Å². The number of hydrogen-bond donors (Lipinski definition) is 0. The van der Waals surface area contributed by atoms with Gasteiger partial charge in [0, 0.05) is 32.8 Å². The van der Waals surface area contributed by atoms with E-state index in [4.69, 9.17) is 4.74 Å². The van der Waals surface area contributed by atoms with Crippen molar-refractivity contribution in [2.24, 2.45) is 5.92 Å². The van der Waals surface area contributed by atoms with Gasteiger partial charge in [0.25, 0.3) is 0 Å². The minimum atomic E-state index is -0.759. The molecular weight excluding hydrogens is 279 g/mol. The standard InChI is InChI=1S/C15H17FO3S/c1-19-14-8-9(2-5-13(14)16)15(17)10-6-11-3-4-12(7-10)20(11)18/h2,5,8,10-12H,3-4,6-7H2,1H3. The van der Waals surface area contributed by atoms with Gasteiger partial charge in [-0.2, -0.15) is 0 Å². The van der Waals surface area contributed by atoms with Gasteiger partial charge in [0.2, 0.25) is 0 Å². The summed E-state index contributed by atoms with van der Waals surface area (Å²) in [6, 6.07) is 4.24. The number of carbonyl (C=O) groups is 1. The molecule has 1 aromatic rings. The molecule has 3 nitrogen and oxygen atoms in total. The number of halogens is 1. The summed E-state index contributed by atoms with van der Waals surface area (Å²) >= 11 is 0. The van der Waals surface area contributed by atoms with Crippen LogP contribution in [0.1, 0.15) is 36.0 Å². The first-order valence-electron chi connectivity index (χ1n) is 6.87. The summed E-state index contributed by atoms with van der Waals surface area (Å²) < 4.78 is 30.3. The summed E-state index contributed by atoms with van der Waals surface area (Å²) in [7, 11) is 0.627. The molecule has 2 aliphatic heterocycles. The normalized spacial score (nSPS) is 32.1. The highest BCUT2D eigenvalue weighted by Crippen LogP contribution is 2.40. The number of rotatable bonds is 3. The topological polar surface area (TPSA) is 43.4 Å². The van der Waals surface area contributed by atoms with Crippen LogP contribution in [-0.2, 0) is 10.8 Å². The van der Waals surface area contributed by atoms with E-state index in [1.54, 1.807) is 0 Å². The lowest BCUT2D eigenvalue weighted by Crippen LogP contribution is -2.32. The van der Waals surface area contributed by atoms with Crippen LogP contribution in [0.4, 0.5) is 4.39 Å². The molecule has 0 amide bonds. The van der Waals surface area contributed by atoms with E-state index >= 15 is 0 Å². The Hall–Kier alpha value is -1.23. The van der Waals surface area contributed by atoms with Crippen LogP contribution in [0.2, 0.25) is 0 Å². The lowest BCUT2D eigenvalue weighted by atomic mass is 9.90. The SMILES string of the molecule is COc1cc(C(=O)C2CC3CCC(C2)S3=O)ccc1F. The number of fused-ring (bicyclic) bond motifs is 2. The smallest absolute Gasteiger partial charge is 0.166 e. The molecule has 1 aromatic carbocycles. The number of methoxy groups -OCH3 is 1. The fraction of sp³-hybridized carbons (Fsp3) is 0.533. The lowest BCUT2D eigenvalue weighted by Gasteiger charge is -2.26. The van der Waals surface area contributed by atoms with E-state index in [1.807, 2.05) is 0 Å². The van der Waals surface area contributed by atoms with E-state index in [9.17, 15) is 13.4 Å². The molecule has 5 heteroatoms. The predicted molar refractivity (Wildman–Crippen MR) is 75.0 cm³/mol. The first-order valence-corrected chi connectivity index (χ1v) is 8.15. The molecular formula is C15H17FO3S. The van der Waals surface area contributed by atoms with Gasteiger partial charge in [-0.15, -0.1) is 0 Å². The molecule has 2 unspecified atom stereocenters. The number of benzene rings is 1. The third kappa shape index (κ3) is 2.28. The number of carbonyl (C=O) groups excluding carboxylic acids is 1. The molecule has 2 aliphatic rings. The molecule has 108 valence electrons. The van der Waals surface area contributed by atoms with Gasteiger partial charge in [0.15, 0.2) is 17.3 Å². The molecule has 0 aromatic heterocycles. The Balaban J connectivity index is 1.81. The van der Waals surface area contributed by atoms with Crippen molar-refractivity contribution in [1.29, 1.82) is 0 Å². The van der Waals surface area contributed by atoms with Gasteiger partial charge < -0.3 is 4.74 Å². The molecule has 2 bridgehead atoms. The van der Waals surface area contributed by atoms with Gasteiger partial charge in [-0.3, -0.25) is 9.00 Å². The van der Waals surface area contributed by atoms with Gasteiger partial charge >= 0.3 is 0 Å². The Morgan fingerprint density at radius 3 is 2.55 bits per heavy atom. The Morgan fingerprint density at radius 1 is 1.30 bits per heavy atom. The Morgan fingerprint density at radius 2 is 1.95 bits per heavy atom. The zero-order valence-electron chi connectivity index (χ0n) is 11.3. The number of hydrogen-bond acceptors (Lipinski definition) is 3. The van der Waals surface area contributed by atoms with Crippen molar-refractivity contribution in [2.75, 3.05) is 7.11 Å². The summed E-state index contributed by atoms with van der Waals surface area (Å²) in [4.78, 5) is 12.5. The first kappa shape index (κ1) is 13.7. The van der Waals surface area contributed by atoms with E-state index in [0.717, 1.165) is 12.8 Å². The fourth-order valence-electron chi connectivity index (χ4n) is 3.30. The van der Waals surface area contributed by atoms with Crippen LogP contribution in [0.25, 0.3) is 0 Å². The Kier molecular flexibility index (Phi) is 3.63. The zero-order chi connectivity index (χ0) is 14.3. The van der Waals surface area contributed by atoms with Crippen LogP contribution < -0.4 is 4.74 Å². The van der Waals surface area contributed by atoms with E-state index in [1.165, 1.54) is 25.3 Å². The molecule has 2 fully saturated rings. The summed E-state index contributed by atoms with van der Waals surface area (Å²) in [5, 5.41) is 0.343. The quantitative estimate of drug-likeness (QED) is 0.806. The van der Waals surface area contributed by atoms with Crippen LogP contribution in [0, 0.1) is 11.7 Å². The number of Topliss-reactive ketones (excluding diaryl/α,β-unsaturated/α-hetero) is 1. The molecule has 20 heavy (non-hydrogen) atoms. The second-order valence-electron chi connectivity index (χ2n) is 5.53. The van der Waals surface area contributed by atoms with Gasteiger partial charge in [-0.05, 0) is 43.9 Å². The first-order chi connectivity index (χ1) is 9.60. The van der Waals surface area contributed by atoms with Gasteiger partial charge in [0.1, 0.15) is 0 Å². The minimum Gasteiger partial charge on any atom is -0.494 e. The molecule has 0 spiro atoms. The highest BCUT2D eigenvalue weighted by atomic mass is 32.2. The summed E-state index contributed by atoms with van der Waals surface area (Å²) in [6.07, 6.45) is 3.32. The van der Waals surface area contributed by atoms with Crippen molar-refractivity contribution < 1.29 is 18.1 Å². The van der Waals surface area contributed by atoms with Crippen molar-refractivity contribution in [3.8, 4) is 5.75 Å². The van der Waals surface area contributed by atoms with E-state index in [0.29, 0.717) is 18.4 Å². The van der Waals surface area contributed by atoms with Gasteiger partial charge in [0.05, 0.1) is 7.11 Å². The molecule has 2 heterocycles. The van der Waals surface area contributed by atoms with Crippen LogP contribution in [0.3, 0.4) is 0 Å². The average Bonchev–Trinajstić information content (AvgIpc) is 2.68. The molecule has 2 saturated heterocycles. The summed E-state index contributed by atoms with van der Waals surface area (Å²) in [6.45, 7) is 0. The summed E-state index contributed by atoms with van der Waals surface area (Å²) in [5.74, 6) is -0.427. The maximum absolute atomic E-state index is 13.4. The zero-order valence-corrected chi connectivity index (χ0v) is 12.1. The van der Waals surface area contributed by atoms with Crippen LogP contribution in [0.5, 0.6) is 5.75 Å². The van der Waals surface area contributed by atoms with Crippen LogP contribution in [0.15, 0.2) is 18.2 Å². The van der Waals surface area contributed by atoms with Crippen LogP contribution >= 0.6 is 0 Å². The van der Waals surface area contributed by atoms with E-state index in [-0.39, 0.29) is 28.0 Å². The van der Waals surface area contributed by atoms with Crippen molar-refractivity contribution >= 4 is 16.6 Å². The monoisotopic (exact) mass is 296 g/mol. The maximum atomic E-state index is 13.4. The summed E-state index contributed by atoms with van der Waals surface area (Å²) in [5.41, 5.74) is 0.486. The molecule has 0 aliphatic carbocycles. The second kappa shape index (κ2) is 5.28. The lowest BCUT2D eigenvalue weighted by molar-refractivity contribution is 0.0905. The minimum absolute atomic E-state index is 0.0249. The van der Waals surface area contributed by atoms with Crippen molar-refractivity contribution in [3.05, 3.63) is 29.6 Å². The molecule has 3 rings (SSSR count). The van der Waals surface area contributed by atoms with E-state index in [2.05, 4.69) is 0 Å². The van der Waals surface area contributed by atoms with Gasteiger partial charge in [-0.25, -0.2) is 4.39 Å². The molecule has 0 N–H and O–H groups in total. The van der Waals surface area contributed by atoms with E-state index < -0.39 is 16.6 Å². The highest BCUT2D eigenvalue weighted by molar-refractivity contribution is 7.86. The van der Waals surface area contributed by atoms with Crippen molar-refractivity contribution in [2.45, 2.75) is 36.2 Å². The Bertz CT molecular complexity index is 556. The maximum Gasteiger partial charge on any atom is 0.166 e.